The molecule has 0 aliphatic carbocycles. The van der Waals surface area contributed by atoms with Gasteiger partial charge in [-0.05, 0) is 43.7 Å². The predicted octanol–water partition coefficient (Wildman–Crippen LogP) is 3.00. The molecule has 0 bridgehead atoms. The summed E-state index contributed by atoms with van der Waals surface area (Å²) in [6.45, 7) is 3.72. The molecule has 0 fully saturated rings. The Balaban J connectivity index is 2.22. The van der Waals surface area contributed by atoms with Crippen LogP contribution in [-0.4, -0.2) is 15.9 Å². The molecule has 18 heavy (non-hydrogen) atoms. The van der Waals surface area contributed by atoms with Crippen molar-refractivity contribution < 1.29 is 4.79 Å². The van der Waals surface area contributed by atoms with E-state index >= 15 is 0 Å². The summed E-state index contributed by atoms with van der Waals surface area (Å²) in [5.41, 5.74) is 2.20. The molecule has 1 N–H and O–H groups in total. The van der Waals surface area contributed by atoms with Crippen LogP contribution in [0.4, 0.5) is 5.82 Å². The third-order valence-electron chi connectivity index (χ3n) is 2.34. The zero-order chi connectivity index (χ0) is 13.1. The van der Waals surface area contributed by atoms with Crippen molar-refractivity contribution in [2.45, 2.75) is 13.8 Å². The van der Waals surface area contributed by atoms with Crippen LogP contribution in [0.15, 0.2) is 30.5 Å². The van der Waals surface area contributed by atoms with Crippen molar-refractivity contribution in [2.24, 2.45) is 0 Å². The SMILES string of the molecule is Cc1ccnc(NC(=O)c2cc(C)nc(Cl)c2)c1. The normalized spacial score (nSPS) is 10.2. The number of hydrogen-bond acceptors (Lipinski definition) is 3. The van der Waals surface area contributed by atoms with E-state index in [4.69, 9.17) is 11.6 Å². The van der Waals surface area contributed by atoms with Gasteiger partial charge in [0.15, 0.2) is 0 Å². The third-order valence-corrected chi connectivity index (χ3v) is 2.54. The molecular formula is C13H12ClN3O. The maximum Gasteiger partial charge on any atom is 0.256 e. The molecule has 0 aliphatic heterocycles. The number of halogens is 1. The second-order valence-corrected chi connectivity index (χ2v) is 4.38. The lowest BCUT2D eigenvalue weighted by Gasteiger charge is -2.06. The van der Waals surface area contributed by atoms with Gasteiger partial charge in [-0.25, -0.2) is 9.97 Å². The minimum atomic E-state index is -0.250. The zero-order valence-electron chi connectivity index (χ0n) is 10.1. The van der Waals surface area contributed by atoms with Gasteiger partial charge in [0.2, 0.25) is 0 Å². The molecule has 0 spiro atoms. The van der Waals surface area contributed by atoms with Crippen LogP contribution in [-0.2, 0) is 0 Å². The van der Waals surface area contributed by atoms with Gasteiger partial charge in [0.25, 0.3) is 5.91 Å². The number of carbonyl (C=O) groups excluding carboxylic acids is 1. The van der Waals surface area contributed by atoms with E-state index < -0.39 is 0 Å². The number of nitrogens with one attached hydrogen (secondary N) is 1. The van der Waals surface area contributed by atoms with E-state index in [2.05, 4.69) is 15.3 Å². The minimum absolute atomic E-state index is 0.250. The Morgan fingerprint density at radius 3 is 2.72 bits per heavy atom. The molecule has 0 radical (unpaired) electrons. The number of hydrogen-bond donors (Lipinski definition) is 1. The Hall–Kier alpha value is -1.94. The predicted molar refractivity (Wildman–Crippen MR) is 70.9 cm³/mol. The first-order valence-corrected chi connectivity index (χ1v) is 5.80. The molecule has 0 unspecified atom stereocenters. The number of anilines is 1. The van der Waals surface area contributed by atoms with E-state index in [0.29, 0.717) is 22.2 Å². The van der Waals surface area contributed by atoms with Crippen LogP contribution >= 0.6 is 11.6 Å². The lowest BCUT2D eigenvalue weighted by Crippen LogP contribution is -2.13. The molecule has 92 valence electrons. The molecule has 2 rings (SSSR count). The number of amides is 1. The van der Waals surface area contributed by atoms with E-state index in [-0.39, 0.29) is 5.91 Å². The number of pyridine rings is 2. The van der Waals surface area contributed by atoms with Crippen LogP contribution in [0.25, 0.3) is 0 Å². The third kappa shape index (κ3) is 3.05. The molecule has 0 atom stereocenters. The fourth-order valence-electron chi connectivity index (χ4n) is 1.55. The highest BCUT2D eigenvalue weighted by Gasteiger charge is 2.09. The van der Waals surface area contributed by atoms with E-state index in [0.717, 1.165) is 5.56 Å². The summed E-state index contributed by atoms with van der Waals surface area (Å²) >= 11 is 5.82. The van der Waals surface area contributed by atoms with Crippen LogP contribution in [0.5, 0.6) is 0 Å². The average Bonchev–Trinajstić information content (AvgIpc) is 2.27. The molecule has 2 aromatic rings. The molecule has 2 aromatic heterocycles. The smallest absolute Gasteiger partial charge is 0.256 e. The summed E-state index contributed by atoms with van der Waals surface area (Å²) in [5.74, 6) is 0.270. The van der Waals surface area contributed by atoms with Crippen molar-refractivity contribution >= 4 is 23.3 Å². The molecule has 2 heterocycles. The van der Waals surface area contributed by atoms with Gasteiger partial charge < -0.3 is 5.32 Å². The molecule has 0 aliphatic rings. The van der Waals surface area contributed by atoms with Gasteiger partial charge in [0.05, 0.1) is 0 Å². The Morgan fingerprint density at radius 2 is 2.06 bits per heavy atom. The summed E-state index contributed by atoms with van der Waals surface area (Å²) in [5, 5.41) is 3.02. The van der Waals surface area contributed by atoms with Gasteiger partial charge in [-0.3, -0.25) is 4.79 Å². The van der Waals surface area contributed by atoms with Crippen LogP contribution in [0, 0.1) is 13.8 Å². The molecule has 0 saturated heterocycles. The zero-order valence-corrected chi connectivity index (χ0v) is 10.8. The van der Waals surface area contributed by atoms with Crippen LogP contribution in [0.1, 0.15) is 21.6 Å². The lowest BCUT2D eigenvalue weighted by atomic mass is 10.2. The van der Waals surface area contributed by atoms with E-state index in [1.54, 1.807) is 25.3 Å². The largest absolute Gasteiger partial charge is 0.307 e. The number of carbonyl (C=O) groups is 1. The quantitative estimate of drug-likeness (QED) is 0.846. The fourth-order valence-corrected chi connectivity index (χ4v) is 1.80. The number of aryl methyl sites for hydroxylation is 2. The summed E-state index contributed by atoms with van der Waals surface area (Å²) in [4.78, 5) is 20.1. The highest BCUT2D eigenvalue weighted by molar-refractivity contribution is 6.29. The van der Waals surface area contributed by atoms with Crippen molar-refractivity contribution in [1.82, 2.24) is 9.97 Å². The topological polar surface area (TPSA) is 54.9 Å². The molecule has 4 nitrogen and oxygen atoms in total. The van der Waals surface area contributed by atoms with Gasteiger partial charge in [-0.2, -0.15) is 0 Å². The molecule has 0 saturated carbocycles. The van der Waals surface area contributed by atoms with Gasteiger partial charge >= 0.3 is 0 Å². The second kappa shape index (κ2) is 5.14. The number of nitrogens with zero attached hydrogens (tertiary/aromatic N) is 2. The average molecular weight is 262 g/mol. The Labute approximate surface area is 110 Å². The van der Waals surface area contributed by atoms with Crippen LogP contribution in [0.3, 0.4) is 0 Å². The van der Waals surface area contributed by atoms with E-state index in [1.165, 1.54) is 6.07 Å². The molecular weight excluding hydrogens is 250 g/mol. The van der Waals surface area contributed by atoms with Crippen molar-refractivity contribution in [1.29, 1.82) is 0 Å². The van der Waals surface area contributed by atoms with Gasteiger partial charge in [0, 0.05) is 17.5 Å². The van der Waals surface area contributed by atoms with E-state index in [1.807, 2.05) is 13.0 Å². The lowest BCUT2D eigenvalue weighted by molar-refractivity contribution is 0.102. The van der Waals surface area contributed by atoms with E-state index in [9.17, 15) is 4.79 Å². The molecule has 5 heteroatoms. The van der Waals surface area contributed by atoms with Crippen LogP contribution < -0.4 is 5.32 Å². The summed E-state index contributed by atoms with van der Waals surface area (Å²) in [7, 11) is 0. The summed E-state index contributed by atoms with van der Waals surface area (Å²) in [6.07, 6.45) is 1.65. The number of rotatable bonds is 2. The van der Waals surface area contributed by atoms with Gasteiger partial charge in [-0.1, -0.05) is 11.6 Å². The van der Waals surface area contributed by atoms with Gasteiger partial charge in [-0.15, -0.1) is 0 Å². The van der Waals surface area contributed by atoms with Gasteiger partial charge in [0.1, 0.15) is 11.0 Å². The highest BCUT2D eigenvalue weighted by Crippen LogP contribution is 2.13. The second-order valence-electron chi connectivity index (χ2n) is 3.99. The Kier molecular flexibility index (Phi) is 3.58. The maximum absolute atomic E-state index is 12.0. The maximum atomic E-state index is 12.0. The van der Waals surface area contributed by atoms with Crippen molar-refractivity contribution in [3.8, 4) is 0 Å². The Morgan fingerprint density at radius 1 is 1.28 bits per heavy atom. The standard InChI is InChI=1S/C13H12ClN3O/c1-8-3-4-15-12(5-8)17-13(18)10-6-9(2)16-11(14)7-10/h3-7H,1-2H3,(H,15,17,18). The first-order valence-electron chi connectivity index (χ1n) is 5.43. The Bertz CT molecular complexity index is 578. The fraction of sp³-hybridized carbons (Fsp3) is 0.154. The monoisotopic (exact) mass is 261 g/mol. The highest BCUT2D eigenvalue weighted by atomic mass is 35.5. The van der Waals surface area contributed by atoms with Crippen molar-refractivity contribution in [3.63, 3.8) is 0 Å². The number of aromatic nitrogens is 2. The van der Waals surface area contributed by atoms with Crippen molar-refractivity contribution in [3.05, 3.63) is 52.4 Å². The van der Waals surface area contributed by atoms with Crippen molar-refractivity contribution in [2.75, 3.05) is 5.32 Å². The summed E-state index contributed by atoms with van der Waals surface area (Å²) < 4.78 is 0. The molecule has 1 amide bonds. The minimum Gasteiger partial charge on any atom is -0.307 e. The first-order chi connectivity index (χ1) is 8.54. The first kappa shape index (κ1) is 12.5. The van der Waals surface area contributed by atoms with Crippen LogP contribution in [0.2, 0.25) is 5.15 Å². The summed E-state index contributed by atoms with van der Waals surface area (Å²) in [6, 6.07) is 6.87. The molecule has 0 aromatic carbocycles.